The molecule has 6 nitrogen and oxygen atoms in total. The molecule has 3 N–H and O–H groups in total. The summed E-state index contributed by atoms with van der Waals surface area (Å²) in [6.07, 6.45) is 0. The fourth-order valence-corrected chi connectivity index (χ4v) is 2.52. The number of rotatable bonds is 4. The molecule has 0 spiro atoms. The first kappa shape index (κ1) is 15.5. The monoisotopic (exact) mass is 302 g/mol. The van der Waals surface area contributed by atoms with Crippen molar-refractivity contribution >= 4 is 46.8 Å². The van der Waals surface area contributed by atoms with Gasteiger partial charge in [0.1, 0.15) is 5.00 Å². The number of ether oxygens (including phenoxy) is 1. The number of hydrogen-bond acceptors (Lipinski definition) is 6. The van der Waals surface area contributed by atoms with Crippen LogP contribution in [0.2, 0.25) is 0 Å². The molecule has 0 unspecified atom stereocenters. The van der Waals surface area contributed by atoms with Crippen LogP contribution in [0.3, 0.4) is 0 Å². The molecule has 104 valence electrons. The van der Waals surface area contributed by atoms with Crippen molar-refractivity contribution in [3.63, 3.8) is 0 Å². The summed E-state index contributed by atoms with van der Waals surface area (Å²) in [5.74, 6) is -1.80. The highest BCUT2D eigenvalue weighted by atomic mass is 32.2. The molecule has 0 aliphatic heterocycles. The SMILES string of the molecule is CC(=O)OC(C)(C)C(=O)Nc1sc(S)cc1C(N)=O. The molecule has 0 bridgehead atoms. The van der Waals surface area contributed by atoms with E-state index < -0.39 is 23.4 Å². The van der Waals surface area contributed by atoms with E-state index in [4.69, 9.17) is 10.5 Å². The van der Waals surface area contributed by atoms with E-state index in [2.05, 4.69) is 17.9 Å². The summed E-state index contributed by atoms with van der Waals surface area (Å²) in [7, 11) is 0. The van der Waals surface area contributed by atoms with Crippen molar-refractivity contribution in [1.29, 1.82) is 0 Å². The van der Waals surface area contributed by atoms with E-state index in [9.17, 15) is 14.4 Å². The zero-order valence-electron chi connectivity index (χ0n) is 10.6. The first-order valence-corrected chi connectivity index (χ1v) is 6.53. The number of amides is 2. The van der Waals surface area contributed by atoms with Crippen LogP contribution in [0.4, 0.5) is 5.00 Å². The predicted molar refractivity (Wildman–Crippen MR) is 74.6 cm³/mol. The number of thiol groups is 1. The third-order valence-corrected chi connectivity index (χ3v) is 3.41. The Morgan fingerprint density at radius 2 is 2.00 bits per heavy atom. The third-order valence-electron chi connectivity index (χ3n) is 2.16. The molecule has 8 heteroatoms. The molecule has 0 aliphatic carbocycles. The van der Waals surface area contributed by atoms with Crippen molar-refractivity contribution in [2.24, 2.45) is 5.73 Å². The summed E-state index contributed by atoms with van der Waals surface area (Å²) in [5, 5.41) is 2.79. The van der Waals surface area contributed by atoms with Gasteiger partial charge in [-0.05, 0) is 19.9 Å². The van der Waals surface area contributed by atoms with E-state index in [-0.39, 0.29) is 10.6 Å². The van der Waals surface area contributed by atoms with E-state index in [0.717, 1.165) is 11.3 Å². The Bertz CT molecular complexity index is 537. The Morgan fingerprint density at radius 1 is 1.42 bits per heavy atom. The number of primary amides is 1. The van der Waals surface area contributed by atoms with E-state index in [1.807, 2.05) is 0 Å². The lowest BCUT2D eigenvalue weighted by Crippen LogP contribution is -2.41. The first-order chi connectivity index (χ1) is 8.63. The van der Waals surface area contributed by atoms with E-state index in [0.29, 0.717) is 4.21 Å². The quantitative estimate of drug-likeness (QED) is 0.578. The maximum Gasteiger partial charge on any atom is 0.303 e. The summed E-state index contributed by atoms with van der Waals surface area (Å²) in [6, 6.07) is 1.46. The second-order valence-electron chi connectivity index (χ2n) is 4.25. The second-order valence-corrected chi connectivity index (χ2v) is 6.09. The Morgan fingerprint density at radius 3 is 2.47 bits per heavy atom. The summed E-state index contributed by atoms with van der Waals surface area (Å²) >= 11 is 5.19. The molecule has 1 aromatic rings. The fraction of sp³-hybridized carbons (Fsp3) is 0.364. The number of thiophene rings is 1. The van der Waals surface area contributed by atoms with Crippen LogP contribution < -0.4 is 11.1 Å². The zero-order chi connectivity index (χ0) is 14.8. The Balaban J connectivity index is 2.94. The van der Waals surface area contributed by atoms with Gasteiger partial charge < -0.3 is 15.8 Å². The molecule has 0 fully saturated rings. The van der Waals surface area contributed by atoms with Crippen LogP contribution in [0.5, 0.6) is 0 Å². The molecule has 2 amide bonds. The van der Waals surface area contributed by atoms with Crippen LogP contribution in [0, 0.1) is 0 Å². The fourth-order valence-electron chi connectivity index (χ4n) is 1.31. The standard InChI is InChI=1S/C11H14N2O4S2/c1-5(14)17-11(2,3)10(16)13-9-6(8(12)15)4-7(18)19-9/h4,18H,1-3H3,(H2,12,15)(H,13,16). The molecule has 0 atom stereocenters. The maximum atomic E-state index is 12.0. The van der Waals surface area contributed by atoms with Gasteiger partial charge in [0, 0.05) is 6.92 Å². The van der Waals surface area contributed by atoms with Gasteiger partial charge in [-0.25, -0.2) is 0 Å². The van der Waals surface area contributed by atoms with E-state index in [1.54, 1.807) is 0 Å². The normalized spacial score (nSPS) is 10.9. The molecule has 0 aliphatic rings. The van der Waals surface area contributed by atoms with Crippen molar-refractivity contribution in [2.45, 2.75) is 30.6 Å². The van der Waals surface area contributed by atoms with Gasteiger partial charge in [-0.1, -0.05) is 0 Å². The predicted octanol–water partition coefficient (Wildman–Crippen LogP) is 1.42. The molecular weight excluding hydrogens is 288 g/mol. The van der Waals surface area contributed by atoms with Crippen molar-refractivity contribution in [1.82, 2.24) is 0 Å². The number of nitrogens with one attached hydrogen (secondary N) is 1. The number of carbonyl (C=O) groups excluding carboxylic acids is 3. The highest BCUT2D eigenvalue weighted by molar-refractivity contribution is 7.83. The Kier molecular flexibility index (Phi) is 4.59. The topological polar surface area (TPSA) is 98.5 Å². The van der Waals surface area contributed by atoms with Gasteiger partial charge >= 0.3 is 5.97 Å². The van der Waals surface area contributed by atoms with Crippen molar-refractivity contribution < 1.29 is 19.1 Å². The summed E-state index contributed by atoms with van der Waals surface area (Å²) in [5.41, 5.74) is 4.01. The molecule has 1 aromatic heterocycles. The smallest absolute Gasteiger partial charge is 0.303 e. The maximum absolute atomic E-state index is 12.0. The molecule has 0 aromatic carbocycles. The average molecular weight is 302 g/mol. The molecule has 1 heterocycles. The lowest BCUT2D eigenvalue weighted by atomic mass is 10.1. The van der Waals surface area contributed by atoms with Gasteiger partial charge in [-0.2, -0.15) is 0 Å². The van der Waals surface area contributed by atoms with Gasteiger partial charge in [0.05, 0.1) is 9.77 Å². The van der Waals surface area contributed by atoms with Gasteiger partial charge in [0.15, 0.2) is 5.60 Å². The first-order valence-electron chi connectivity index (χ1n) is 5.27. The molecular formula is C11H14N2O4S2. The van der Waals surface area contributed by atoms with Gasteiger partial charge in [0.2, 0.25) is 0 Å². The van der Waals surface area contributed by atoms with Crippen LogP contribution >= 0.6 is 24.0 Å². The number of carbonyl (C=O) groups is 3. The number of nitrogens with two attached hydrogens (primary N) is 1. The Hall–Kier alpha value is -1.54. The lowest BCUT2D eigenvalue weighted by molar-refractivity contribution is -0.160. The molecule has 0 saturated carbocycles. The van der Waals surface area contributed by atoms with Gasteiger partial charge in [-0.3, -0.25) is 14.4 Å². The molecule has 1 rings (SSSR count). The summed E-state index contributed by atoms with van der Waals surface area (Å²) < 4.78 is 5.43. The van der Waals surface area contributed by atoms with Crippen LogP contribution in [0.15, 0.2) is 10.3 Å². The molecule has 0 saturated heterocycles. The van der Waals surface area contributed by atoms with Crippen molar-refractivity contribution in [2.75, 3.05) is 5.32 Å². The number of esters is 1. The minimum atomic E-state index is -1.35. The van der Waals surface area contributed by atoms with Crippen LogP contribution in [0.25, 0.3) is 0 Å². The highest BCUT2D eigenvalue weighted by Gasteiger charge is 2.32. The minimum Gasteiger partial charge on any atom is -0.450 e. The zero-order valence-corrected chi connectivity index (χ0v) is 12.4. The van der Waals surface area contributed by atoms with Crippen LogP contribution in [-0.4, -0.2) is 23.4 Å². The van der Waals surface area contributed by atoms with Crippen LogP contribution in [0.1, 0.15) is 31.1 Å². The van der Waals surface area contributed by atoms with Crippen molar-refractivity contribution in [3.05, 3.63) is 11.6 Å². The van der Waals surface area contributed by atoms with E-state index in [1.165, 1.54) is 26.8 Å². The lowest BCUT2D eigenvalue weighted by Gasteiger charge is -2.22. The van der Waals surface area contributed by atoms with Crippen molar-refractivity contribution in [3.8, 4) is 0 Å². The number of hydrogen-bond donors (Lipinski definition) is 3. The minimum absolute atomic E-state index is 0.168. The largest absolute Gasteiger partial charge is 0.450 e. The second kappa shape index (κ2) is 5.62. The third kappa shape index (κ3) is 3.97. The molecule has 0 radical (unpaired) electrons. The summed E-state index contributed by atoms with van der Waals surface area (Å²) in [4.78, 5) is 34.1. The number of anilines is 1. The van der Waals surface area contributed by atoms with Crippen LogP contribution in [-0.2, 0) is 14.3 Å². The highest BCUT2D eigenvalue weighted by Crippen LogP contribution is 2.31. The summed E-state index contributed by atoms with van der Waals surface area (Å²) in [6.45, 7) is 4.10. The van der Waals surface area contributed by atoms with E-state index >= 15 is 0 Å². The van der Waals surface area contributed by atoms with Gasteiger partial charge in [-0.15, -0.1) is 24.0 Å². The molecule has 19 heavy (non-hydrogen) atoms. The Labute approximate surface area is 119 Å². The average Bonchev–Trinajstić information content (AvgIpc) is 2.57. The van der Waals surface area contributed by atoms with Gasteiger partial charge in [0.25, 0.3) is 11.8 Å².